The minimum Gasteiger partial charge on any atom is -0.393 e. The number of aliphatic hydroxyl groups excluding tert-OH is 1. The van der Waals surface area contributed by atoms with Crippen molar-refractivity contribution >= 4 is 40.2 Å². The van der Waals surface area contributed by atoms with E-state index in [-0.39, 0.29) is 18.4 Å². The number of hydrogen-bond acceptors (Lipinski definition) is 5. The summed E-state index contributed by atoms with van der Waals surface area (Å²) in [5, 5.41) is 15.0. The molecule has 0 bridgehead atoms. The molecular formula is C14H17ClN2O2S2. The van der Waals surface area contributed by atoms with Gasteiger partial charge in [0.05, 0.1) is 27.4 Å². The van der Waals surface area contributed by atoms with Gasteiger partial charge in [0.15, 0.2) is 0 Å². The Bertz CT molecular complexity index is 597. The molecule has 0 spiro atoms. The molecule has 4 nitrogen and oxygen atoms in total. The molecule has 0 saturated heterocycles. The van der Waals surface area contributed by atoms with Crippen LogP contribution in [0.2, 0.25) is 4.34 Å². The Balaban J connectivity index is 1.83. The minimum absolute atomic E-state index is 0.0700. The van der Waals surface area contributed by atoms with Crippen LogP contribution >= 0.6 is 34.3 Å². The van der Waals surface area contributed by atoms with Crippen molar-refractivity contribution in [3.05, 3.63) is 27.5 Å². The second kappa shape index (κ2) is 7.89. The molecule has 2 heterocycles. The van der Waals surface area contributed by atoms with Gasteiger partial charge >= 0.3 is 0 Å². The number of halogens is 1. The summed E-state index contributed by atoms with van der Waals surface area (Å²) in [5.74, 6) is -0.0700. The van der Waals surface area contributed by atoms with Crippen LogP contribution in [0, 0.1) is 0 Å². The van der Waals surface area contributed by atoms with Crippen molar-refractivity contribution in [3.63, 3.8) is 0 Å². The van der Waals surface area contributed by atoms with E-state index in [9.17, 15) is 9.90 Å². The number of nitrogens with one attached hydrogen (secondary N) is 1. The van der Waals surface area contributed by atoms with E-state index in [4.69, 9.17) is 11.6 Å². The van der Waals surface area contributed by atoms with Crippen LogP contribution in [-0.2, 0) is 11.2 Å². The number of nitrogens with zero attached hydrogens (tertiary/aromatic N) is 1. The van der Waals surface area contributed by atoms with Crippen molar-refractivity contribution in [1.29, 1.82) is 0 Å². The Morgan fingerprint density at radius 2 is 2.33 bits per heavy atom. The molecule has 2 rings (SSSR count). The average Bonchev–Trinajstić information content (AvgIpc) is 3.07. The topological polar surface area (TPSA) is 62.2 Å². The quantitative estimate of drug-likeness (QED) is 0.809. The summed E-state index contributed by atoms with van der Waals surface area (Å²) in [6.07, 6.45) is 1.20. The molecule has 7 heteroatoms. The standard InChI is InChI=1S/C14H17ClN2O2S2/c1-2-10(18)5-6-16-13(19)7-9-8-20-14(17-9)11-3-4-12(15)21-11/h3-4,8,10,18H,2,5-7H2,1H3,(H,16,19). The summed E-state index contributed by atoms with van der Waals surface area (Å²) in [5.41, 5.74) is 0.757. The highest BCUT2D eigenvalue weighted by molar-refractivity contribution is 7.23. The van der Waals surface area contributed by atoms with Gasteiger partial charge in [-0.05, 0) is 25.0 Å². The summed E-state index contributed by atoms with van der Waals surface area (Å²) in [6.45, 7) is 2.41. The molecule has 0 aliphatic carbocycles. The lowest BCUT2D eigenvalue weighted by Crippen LogP contribution is -2.28. The van der Waals surface area contributed by atoms with E-state index in [0.717, 1.165) is 19.9 Å². The van der Waals surface area contributed by atoms with Gasteiger partial charge in [0.2, 0.25) is 5.91 Å². The van der Waals surface area contributed by atoms with Crippen molar-refractivity contribution in [1.82, 2.24) is 10.3 Å². The number of carbonyl (C=O) groups excluding carboxylic acids is 1. The number of hydrogen-bond donors (Lipinski definition) is 2. The van der Waals surface area contributed by atoms with Crippen LogP contribution in [0.4, 0.5) is 0 Å². The second-order valence-electron chi connectivity index (χ2n) is 4.63. The van der Waals surface area contributed by atoms with Crippen LogP contribution in [0.15, 0.2) is 17.5 Å². The lowest BCUT2D eigenvalue weighted by Gasteiger charge is -2.08. The van der Waals surface area contributed by atoms with Crippen molar-refractivity contribution in [2.75, 3.05) is 6.54 Å². The van der Waals surface area contributed by atoms with Gasteiger partial charge in [0.1, 0.15) is 5.01 Å². The first-order chi connectivity index (χ1) is 10.1. The SMILES string of the molecule is CCC(O)CCNC(=O)Cc1csc(-c2ccc(Cl)s2)n1. The van der Waals surface area contributed by atoms with Crippen LogP contribution in [-0.4, -0.2) is 28.6 Å². The summed E-state index contributed by atoms with van der Waals surface area (Å²) < 4.78 is 0.731. The molecule has 0 aliphatic heterocycles. The van der Waals surface area contributed by atoms with Crippen LogP contribution in [0.3, 0.4) is 0 Å². The third kappa shape index (κ3) is 5.07. The van der Waals surface area contributed by atoms with E-state index in [1.165, 1.54) is 22.7 Å². The predicted octanol–water partition coefficient (Wildman–Crippen LogP) is 3.34. The van der Waals surface area contributed by atoms with E-state index in [1.807, 2.05) is 24.4 Å². The third-order valence-electron chi connectivity index (χ3n) is 2.95. The average molecular weight is 345 g/mol. The highest BCUT2D eigenvalue weighted by Gasteiger charge is 2.10. The third-order valence-corrected chi connectivity index (χ3v) is 5.24. The Morgan fingerprint density at radius 1 is 1.52 bits per heavy atom. The Labute approximate surface area is 136 Å². The van der Waals surface area contributed by atoms with Crippen LogP contribution in [0.5, 0.6) is 0 Å². The Hall–Kier alpha value is -0.950. The van der Waals surface area contributed by atoms with Gasteiger partial charge in [-0.1, -0.05) is 18.5 Å². The largest absolute Gasteiger partial charge is 0.393 e. The second-order valence-corrected chi connectivity index (χ2v) is 7.20. The lowest BCUT2D eigenvalue weighted by molar-refractivity contribution is -0.120. The fraction of sp³-hybridized carbons (Fsp3) is 0.429. The molecule has 2 aromatic heterocycles. The van der Waals surface area contributed by atoms with Gasteiger partial charge in [-0.15, -0.1) is 22.7 Å². The van der Waals surface area contributed by atoms with Gasteiger partial charge in [0.25, 0.3) is 0 Å². The van der Waals surface area contributed by atoms with Crippen molar-refractivity contribution < 1.29 is 9.90 Å². The van der Waals surface area contributed by atoms with Crippen molar-refractivity contribution in [2.45, 2.75) is 32.3 Å². The number of amides is 1. The molecule has 1 unspecified atom stereocenters. The van der Waals surface area contributed by atoms with E-state index in [0.29, 0.717) is 19.4 Å². The number of thiazole rings is 1. The molecule has 114 valence electrons. The van der Waals surface area contributed by atoms with Gasteiger partial charge in [-0.2, -0.15) is 0 Å². The van der Waals surface area contributed by atoms with Gasteiger partial charge in [-0.25, -0.2) is 4.98 Å². The molecule has 0 radical (unpaired) electrons. The first-order valence-electron chi connectivity index (χ1n) is 6.73. The summed E-state index contributed by atoms with van der Waals surface area (Å²) in [7, 11) is 0. The van der Waals surface area contributed by atoms with Crippen LogP contribution < -0.4 is 5.32 Å². The summed E-state index contributed by atoms with van der Waals surface area (Å²) in [4.78, 5) is 17.3. The minimum atomic E-state index is -0.347. The van der Waals surface area contributed by atoms with E-state index in [1.54, 1.807) is 0 Å². The zero-order valence-electron chi connectivity index (χ0n) is 11.6. The highest BCUT2D eigenvalue weighted by atomic mass is 35.5. The van der Waals surface area contributed by atoms with E-state index in [2.05, 4.69) is 10.3 Å². The molecular weight excluding hydrogens is 328 g/mol. The maximum absolute atomic E-state index is 11.8. The van der Waals surface area contributed by atoms with E-state index < -0.39 is 0 Å². The molecule has 21 heavy (non-hydrogen) atoms. The predicted molar refractivity (Wildman–Crippen MR) is 88.1 cm³/mol. The highest BCUT2D eigenvalue weighted by Crippen LogP contribution is 2.32. The van der Waals surface area contributed by atoms with Gasteiger partial charge in [-0.3, -0.25) is 4.79 Å². The number of aliphatic hydroxyl groups is 1. The maximum Gasteiger partial charge on any atom is 0.226 e. The maximum atomic E-state index is 11.8. The van der Waals surface area contributed by atoms with E-state index >= 15 is 0 Å². The molecule has 0 saturated carbocycles. The summed E-state index contributed by atoms with van der Waals surface area (Å²) >= 11 is 8.90. The normalized spacial score (nSPS) is 12.3. The number of carbonyl (C=O) groups is 1. The number of rotatable bonds is 7. The fourth-order valence-corrected chi connectivity index (χ4v) is 3.67. The Morgan fingerprint density at radius 3 is 3.00 bits per heavy atom. The van der Waals surface area contributed by atoms with Crippen LogP contribution in [0.1, 0.15) is 25.5 Å². The van der Waals surface area contributed by atoms with Gasteiger partial charge in [0, 0.05) is 11.9 Å². The molecule has 0 aliphatic rings. The smallest absolute Gasteiger partial charge is 0.226 e. The lowest BCUT2D eigenvalue weighted by atomic mass is 10.2. The molecule has 0 aromatic carbocycles. The first kappa shape index (κ1) is 16.4. The van der Waals surface area contributed by atoms with Crippen molar-refractivity contribution in [3.8, 4) is 9.88 Å². The zero-order chi connectivity index (χ0) is 15.2. The zero-order valence-corrected chi connectivity index (χ0v) is 14.0. The summed E-state index contributed by atoms with van der Waals surface area (Å²) in [6, 6.07) is 3.77. The molecule has 0 fully saturated rings. The van der Waals surface area contributed by atoms with Crippen LogP contribution in [0.25, 0.3) is 9.88 Å². The van der Waals surface area contributed by atoms with Gasteiger partial charge < -0.3 is 10.4 Å². The number of thiophene rings is 1. The van der Waals surface area contributed by atoms with Crippen molar-refractivity contribution in [2.24, 2.45) is 0 Å². The first-order valence-corrected chi connectivity index (χ1v) is 8.80. The number of aromatic nitrogens is 1. The monoisotopic (exact) mass is 344 g/mol. The molecule has 1 amide bonds. The molecule has 1 atom stereocenters. The molecule has 2 aromatic rings. The fourth-order valence-electron chi connectivity index (χ4n) is 1.74. The molecule has 2 N–H and O–H groups in total. The Kier molecular flexibility index (Phi) is 6.17.